The molecule has 8 heavy (non-hydrogen) atoms. The number of amides is 1. The fourth-order valence-corrected chi connectivity index (χ4v) is 0.745. The minimum absolute atomic E-state index is 0.275. The summed E-state index contributed by atoms with van der Waals surface area (Å²) < 4.78 is 0. The number of nitrogens with one attached hydrogen (secondary N) is 1. The summed E-state index contributed by atoms with van der Waals surface area (Å²) in [5.74, 6) is 0.519. The average molecular weight is 133 g/mol. The number of carbonyl (C=O) groups is 1. The Morgan fingerprint density at radius 2 is 2.38 bits per heavy atom. The van der Waals surface area contributed by atoms with Gasteiger partial charge in [-0.2, -0.15) is 11.8 Å². The standard InChI is InChI=1S/C4H9N2OS/c5-1-2-8-3-4(6)7/h6H,1-3,5H2. The third-order valence-electron chi connectivity index (χ3n) is 0.495. The molecule has 0 unspecified atom stereocenters. The third kappa shape index (κ3) is 5.78. The molecular weight excluding hydrogens is 124 g/mol. The van der Waals surface area contributed by atoms with Gasteiger partial charge >= 0.3 is 0 Å². The van der Waals surface area contributed by atoms with Gasteiger partial charge in [0, 0.05) is 12.3 Å². The van der Waals surface area contributed by atoms with Crippen LogP contribution in [0.4, 0.5) is 0 Å². The van der Waals surface area contributed by atoms with Crippen molar-refractivity contribution in [1.29, 1.82) is 0 Å². The second-order valence-electron chi connectivity index (χ2n) is 1.26. The molecular formula is C4H9N2OS. The Hall–Kier alpha value is -0.220. The fourth-order valence-electron chi connectivity index (χ4n) is 0.248. The van der Waals surface area contributed by atoms with Gasteiger partial charge in [0.25, 0.3) is 0 Å². The van der Waals surface area contributed by atoms with Crippen molar-refractivity contribution in [3.05, 3.63) is 0 Å². The van der Waals surface area contributed by atoms with Gasteiger partial charge in [-0.05, 0) is 0 Å². The van der Waals surface area contributed by atoms with Gasteiger partial charge in [0.2, 0.25) is 5.91 Å². The maximum Gasteiger partial charge on any atom is 0.248 e. The number of carbonyl (C=O) groups excluding carboxylic acids is 1. The molecule has 0 heterocycles. The lowest BCUT2D eigenvalue weighted by atomic mass is 10.8. The molecule has 0 aliphatic heterocycles. The zero-order valence-electron chi connectivity index (χ0n) is 4.52. The Morgan fingerprint density at radius 1 is 1.75 bits per heavy atom. The first-order valence-electron chi connectivity index (χ1n) is 2.29. The normalized spacial score (nSPS) is 9.12. The zero-order valence-corrected chi connectivity index (χ0v) is 5.33. The molecule has 3 N–H and O–H groups in total. The summed E-state index contributed by atoms with van der Waals surface area (Å²) in [7, 11) is 0. The molecule has 1 amide bonds. The van der Waals surface area contributed by atoms with Crippen molar-refractivity contribution in [3.8, 4) is 0 Å². The maximum atomic E-state index is 9.92. The van der Waals surface area contributed by atoms with Crippen LogP contribution in [0.25, 0.3) is 0 Å². The van der Waals surface area contributed by atoms with Crippen molar-refractivity contribution in [1.82, 2.24) is 5.73 Å². The highest BCUT2D eigenvalue weighted by Gasteiger charge is 1.91. The summed E-state index contributed by atoms with van der Waals surface area (Å²) in [6, 6.07) is 0. The molecule has 4 heteroatoms. The molecule has 47 valence electrons. The van der Waals surface area contributed by atoms with Gasteiger partial charge in [-0.3, -0.25) is 10.5 Å². The number of rotatable bonds is 4. The second kappa shape index (κ2) is 4.93. The molecule has 0 bridgehead atoms. The van der Waals surface area contributed by atoms with E-state index in [2.05, 4.69) is 0 Å². The highest BCUT2D eigenvalue weighted by atomic mass is 32.2. The van der Waals surface area contributed by atoms with Gasteiger partial charge in [0.1, 0.15) is 0 Å². The molecule has 0 rings (SSSR count). The lowest BCUT2D eigenvalue weighted by molar-refractivity contribution is -0.116. The monoisotopic (exact) mass is 133 g/mol. The Labute approximate surface area is 52.8 Å². The lowest BCUT2D eigenvalue weighted by Crippen LogP contribution is -2.06. The van der Waals surface area contributed by atoms with Crippen LogP contribution in [0, 0.1) is 0 Å². The van der Waals surface area contributed by atoms with E-state index in [9.17, 15) is 4.79 Å². The average Bonchev–Trinajstić information content (AvgIpc) is 1.66. The topological polar surface area (TPSA) is 66.9 Å². The van der Waals surface area contributed by atoms with Crippen LogP contribution in [0.5, 0.6) is 0 Å². The first-order valence-corrected chi connectivity index (χ1v) is 3.45. The number of thioether (sulfide) groups is 1. The van der Waals surface area contributed by atoms with Gasteiger partial charge in [-0.25, -0.2) is 0 Å². The van der Waals surface area contributed by atoms with Crippen molar-refractivity contribution in [2.24, 2.45) is 5.73 Å². The van der Waals surface area contributed by atoms with Crippen LogP contribution in [0.15, 0.2) is 0 Å². The van der Waals surface area contributed by atoms with Gasteiger partial charge in [0.15, 0.2) is 0 Å². The molecule has 0 fully saturated rings. The van der Waals surface area contributed by atoms with E-state index < -0.39 is 5.91 Å². The van der Waals surface area contributed by atoms with E-state index in [1.807, 2.05) is 0 Å². The Kier molecular flexibility index (Phi) is 4.79. The van der Waals surface area contributed by atoms with Crippen molar-refractivity contribution in [2.75, 3.05) is 18.1 Å². The van der Waals surface area contributed by atoms with Gasteiger partial charge in [-0.1, -0.05) is 0 Å². The first-order chi connectivity index (χ1) is 3.77. The maximum absolute atomic E-state index is 9.92. The summed E-state index contributed by atoms with van der Waals surface area (Å²) >= 11 is 1.40. The Morgan fingerprint density at radius 3 is 2.75 bits per heavy atom. The fraction of sp³-hybridized carbons (Fsp3) is 0.750. The molecule has 0 aliphatic carbocycles. The van der Waals surface area contributed by atoms with Crippen molar-refractivity contribution < 1.29 is 4.79 Å². The molecule has 3 nitrogen and oxygen atoms in total. The number of hydrogen-bond donors (Lipinski definition) is 1. The van der Waals surface area contributed by atoms with Gasteiger partial charge < -0.3 is 5.73 Å². The molecule has 1 radical (unpaired) electrons. The number of nitrogens with two attached hydrogens (primary N) is 1. The highest BCUT2D eigenvalue weighted by molar-refractivity contribution is 7.99. The minimum Gasteiger partial charge on any atom is -0.330 e. The smallest absolute Gasteiger partial charge is 0.248 e. The Balaban J connectivity index is 2.82. The second-order valence-corrected chi connectivity index (χ2v) is 2.37. The predicted molar refractivity (Wildman–Crippen MR) is 34.5 cm³/mol. The highest BCUT2D eigenvalue weighted by Crippen LogP contribution is 1.94. The molecule has 0 spiro atoms. The van der Waals surface area contributed by atoms with E-state index >= 15 is 0 Å². The zero-order chi connectivity index (χ0) is 6.41. The molecule has 0 aromatic rings. The summed E-state index contributed by atoms with van der Waals surface area (Å²) in [5, 5.41) is 0. The molecule has 0 aromatic carbocycles. The van der Waals surface area contributed by atoms with Gasteiger partial charge in [-0.15, -0.1) is 0 Å². The first kappa shape index (κ1) is 7.78. The number of hydrogen-bond acceptors (Lipinski definition) is 3. The summed E-state index contributed by atoms with van der Waals surface area (Å²) in [4.78, 5) is 9.92. The minimum atomic E-state index is -0.525. The van der Waals surface area contributed by atoms with E-state index in [4.69, 9.17) is 11.5 Å². The van der Waals surface area contributed by atoms with E-state index in [1.165, 1.54) is 11.8 Å². The molecule has 0 atom stereocenters. The van der Waals surface area contributed by atoms with Crippen LogP contribution in [0.2, 0.25) is 0 Å². The molecule has 0 saturated carbocycles. The Bertz CT molecular complexity index is 76.4. The van der Waals surface area contributed by atoms with Crippen molar-refractivity contribution in [2.45, 2.75) is 0 Å². The van der Waals surface area contributed by atoms with Crippen molar-refractivity contribution in [3.63, 3.8) is 0 Å². The quantitative estimate of drug-likeness (QED) is 0.525. The van der Waals surface area contributed by atoms with E-state index in [0.717, 1.165) is 5.75 Å². The van der Waals surface area contributed by atoms with E-state index in [-0.39, 0.29) is 5.75 Å². The van der Waals surface area contributed by atoms with Crippen LogP contribution in [-0.2, 0) is 4.79 Å². The van der Waals surface area contributed by atoms with Crippen LogP contribution in [-0.4, -0.2) is 24.0 Å². The van der Waals surface area contributed by atoms with Crippen LogP contribution >= 0.6 is 11.8 Å². The summed E-state index contributed by atoms with van der Waals surface area (Å²) in [6.45, 7) is 0.581. The molecule has 0 aromatic heterocycles. The largest absolute Gasteiger partial charge is 0.330 e. The van der Waals surface area contributed by atoms with Gasteiger partial charge in [0.05, 0.1) is 5.75 Å². The van der Waals surface area contributed by atoms with E-state index in [1.54, 1.807) is 0 Å². The van der Waals surface area contributed by atoms with Crippen LogP contribution < -0.4 is 11.5 Å². The van der Waals surface area contributed by atoms with Crippen molar-refractivity contribution >= 4 is 17.7 Å². The third-order valence-corrected chi connectivity index (χ3v) is 1.49. The predicted octanol–water partition coefficient (Wildman–Crippen LogP) is -0.512. The van der Waals surface area contributed by atoms with Crippen LogP contribution in [0.3, 0.4) is 0 Å². The summed E-state index contributed by atoms with van der Waals surface area (Å²) in [6.07, 6.45) is 0. The van der Waals surface area contributed by atoms with E-state index in [0.29, 0.717) is 6.54 Å². The summed E-state index contributed by atoms with van der Waals surface area (Å²) in [5.41, 5.74) is 11.6. The molecule has 0 saturated heterocycles. The van der Waals surface area contributed by atoms with Crippen LogP contribution in [0.1, 0.15) is 0 Å². The lowest BCUT2D eigenvalue weighted by Gasteiger charge is -1.90. The molecule has 0 aliphatic rings. The SMILES string of the molecule is [NH]C(=O)CSCCN.